The van der Waals surface area contributed by atoms with E-state index >= 15 is 0 Å². The summed E-state index contributed by atoms with van der Waals surface area (Å²) in [6, 6.07) is 11.6. The quantitative estimate of drug-likeness (QED) is 0.672. The van der Waals surface area contributed by atoms with Gasteiger partial charge in [0.05, 0.1) is 16.2 Å². The highest BCUT2D eigenvalue weighted by molar-refractivity contribution is 8.18. The van der Waals surface area contributed by atoms with E-state index in [0.717, 1.165) is 11.1 Å². The van der Waals surface area contributed by atoms with E-state index in [1.165, 1.54) is 23.9 Å². The molecule has 0 unspecified atom stereocenters. The number of benzene rings is 2. The van der Waals surface area contributed by atoms with Crippen LogP contribution in [0.15, 0.2) is 56.8 Å². The van der Waals surface area contributed by atoms with Gasteiger partial charge in [-0.25, -0.2) is 14.8 Å². The van der Waals surface area contributed by atoms with Gasteiger partial charge in [0, 0.05) is 6.92 Å². The molecule has 0 spiro atoms. The minimum absolute atomic E-state index is 0.181. The lowest BCUT2D eigenvalue weighted by atomic mass is 10.2. The molecule has 134 valence electrons. The van der Waals surface area contributed by atoms with Crippen LogP contribution in [0.25, 0.3) is 17.2 Å². The molecule has 0 atom stereocenters. The molecule has 2 N–H and O–H groups in total. The number of carboxylic acid groups (broad SMARTS) is 1. The first kappa shape index (κ1) is 17.0. The van der Waals surface area contributed by atoms with Gasteiger partial charge >= 0.3 is 5.97 Å². The number of aromatic carboxylic acids is 1. The van der Waals surface area contributed by atoms with Crippen LogP contribution in [0.5, 0.6) is 0 Å². The highest BCUT2D eigenvalue weighted by atomic mass is 32.2. The molecule has 2 aromatic carbocycles. The Hall–Kier alpha value is -3.39. The number of thioether (sulfide) groups is 1. The number of carbonyl (C=O) groups excluding carboxylic acids is 1. The Kier molecular flexibility index (Phi) is 4.25. The van der Waals surface area contributed by atoms with Crippen LogP contribution in [0, 0.1) is 6.92 Å². The number of fused-ring (bicyclic) bond motifs is 1. The van der Waals surface area contributed by atoms with Crippen LogP contribution in [-0.4, -0.2) is 27.1 Å². The van der Waals surface area contributed by atoms with Crippen LogP contribution < -0.4 is 5.32 Å². The summed E-state index contributed by atoms with van der Waals surface area (Å²) in [6.45, 7) is 1.78. The van der Waals surface area contributed by atoms with Crippen molar-refractivity contribution >= 4 is 51.7 Å². The molecule has 0 radical (unpaired) electrons. The SMILES string of the molecule is Cc1nc2ccc(/C=C3\SC(=Nc4ccc(C(=O)O)cc4)NC3=O)cc2o1. The van der Waals surface area contributed by atoms with Gasteiger partial charge in [0.1, 0.15) is 5.52 Å². The summed E-state index contributed by atoms with van der Waals surface area (Å²) >= 11 is 1.22. The first-order valence-electron chi connectivity index (χ1n) is 7.98. The van der Waals surface area contributed by atoms with Crippen molar-refractivity contribution < 1.29 is 19.1 Å². The Morgan fingerprint density at radius 1 is 1.26 bits per heavy atom. The Balaban J connectivity index is 1.57. The summed E-state index contributed by atoms with van der Waals surface area (Å²) in [5.41, 5.74) is 2.99. The summed E-state index contributed by atoms with van der Waals surface area (Å²) in [7, 11) is 0. The molecule has 3 aromatic rings. The molecule has 1 aromatic heterocycles. The fourth-order valence-electron chi connectivity index (χ4n) is 2.57. The summed E-state index contributed by atoms with van der Waals surface area (Å²) in [5.74, 6) is -0.650. The highest BCUT2D eigenvalue weighted by Crippen LogP contribution is 2.29. The number of aliphatic imine (C=N–C) groups is 1. The van der Waals surface area contributed by atoms with Crippen molar-refractivity contribution in [2.75, 3.05) is 0 Å². The first-order chi connectivity index (χ1) is 13.0. The zero-order valence-corrected chi connectivity index (χ0v) is 14.9. The maximum atomic E-state index is 12.2. The number of oxazole rings is 1. The van der Waals surface area contributed by atoms with Crippen LogP contribution in [0.1, 0.15) is 21.8 Å². The number of aryl methyl sites for hydroxylation is 1. The predicted octanol–water partition coefficient (Wildman–Crippen LogP) is 3.73. The molecule has 8 heteroatoms. The van der Waals surface area contributed by atoms with E-state index in [1.807, 2.05) is 18.2 Å². The molecular weight excluding hydrogens is 366 g/mol. The van der Waals surface area contributed by atoms with Crippen molar-refractivity contribution in [1.82, 2.24) is 10.3 Å². The van der Waals surface area contributed by atoms with E-state index < -0.39 is 5.97 Å². The molecule has 4 rings (SSSR count). The van der Waals surface area contributed by atoms with Gasteiger partial charge in [-0.1, -0.05) is 6.07 Å². The van der Waals surface area contributed by atoms with Crippen molar-refractivity contribution in [3.8, 4) is 0 Å². The third-order valence-electron chi connectivity index (χ3n) is 3.81. The van der Waals surface area contributed by atoms with E-state index in [1.54, 1.807) is 25.1 Å². The molecule has 0 aliphatic carbocycles. The fraction of sp³-hybridized carbons (Fsp3) is 0.0526. The lowest BCUT2D eigenvalue weighted by Gasteiger charge is -1.97. The van der Waals surface area contributed by atoms with Crippen molar-refractivity contribution in [3.05, 3.63) is 64.4 Å². The van der Waals surface area contributed by atoms with Crippen molar-refractivity contribution in [1.29, 1.82) is 0 Å². The number of hydrogen-bond donors (Lipinski definition) is 2. The van der Waals surface area contributed by atoms with Crippen LogP contribution in [0.4, 0.5) is 5.69 Å². The largest absolute Gasteiger partial charge is 0.478 e. The molecule has 1 aliphatic rings. The molecule has 1 amide bonds. The zero-order chi connectivity index (χ0) is 19.0. The summed E-state index contributed by atoms with van der Waals surface area (Å²) in [6.07, 6.45) is 1.76. The van der Waals surface area contributed by atoms with Gasteiger partial charge in [0.2, 0.25) is 0 Å². The first-order valence-corrected chi connectivity index (χ1v) is 8.80. The number of carboxylic acids is 1. The minimum Gasteiger partial charge on any atom is -0.478 e. The summed E-state index contributed by atoms with van der Waals surface area (Å²) in [5, 5.41) is 12.1. The minimum atomic E-state index is -0.998. The lowest BCUT2D eigenvalue weighted by molar-refractivity contribution is -0.115. The van der Waals surface area contributed by atoms with Crippen molar-refractivity contribution in [3.63, 3.8) is 0 Å². The Morgan fingerprint density at radius 2 is 2.04 bits per heavy atom. The molecule has 7 nitrogen and oxygen atoms in total. The zero-order valence-electron chi connectivity index (χ0n) is 14.1. The van der Waals surface area contributed by atoms with Gasteiger partial charge in [-0.15, -0.1) is 0 Å². The third-order valence-corrected chi connectivity index (χ3v) is 4.72. The van der Waals surface area contributed by atoms with Crippen LogP contribution in [0.2, 0.25) is 0 Å². The number of carbonyl (C=O) groups is 2. The molecular formula is C19H13N3O4S. The second-order valence-electron chi connectivity index (χ2n) is 5.79. The number of nitrogens with one attached hydrogen (secondary N) is 1. The molecule has 0 saturated carbocycles. The Morgan fingerprint density at radius 3 is 2.78 bits per heavy atom. The van der Waals surface area contributed by atoms with E-state index in [-0.39, 0.29) is 11.5 Å². The second kappa shape index (κ2) is 6.73. The molecule has 1 fully saturated rings. The second-order valence-corrected chi connectivity index (χ2v) is 6.82. The smallest absolute Gasteiger partial charge is 0.335 e. The van der Waals surface area contributed by atoms with Crippen molar-refractivity contribution in [2.45, 2.75) is 6.92 Å². The maximum Gasteiger partial charge on any atom is 0.335 e. The summed E-state index contributed by atoms with van der Waals surface area (Å²) < 4.78 is 5.51. The predicted molar refractivity (Wildman–Crippen MR) is 103 cm³/mol. The van der Waals surface area contributed by atoms with E-state index in [4.69, 9.17) is 9.52 Å². The van der Waals surface area contributed by atoms with Gasteiger partial charge in [0.25, 0.3) is 5.91 Å². The number of rotatable bonds is 3. The number of hydrogen-bond acceptors (Lipinski definition) is 6. The van der Waals surface area contributed by atoms with Crippen molar-refractivity contribution in [2.24, 2.45) is 4.99 Å². The van der Waals surface area contributed by atoms with Crippen LogP contribution in [-0.2, 0) is 4.79 Å². The number of amides is 1. The van der Waals surface area contributed by atoms with E-state index in [0.29, 0.717) is 27.2 Å². The van der Waals surface area contributed by atoms with Crippen LogP contribution in [0.3, 0.4) is 0 Å². The van der Waals surface area contributed by atoms with E-state index in [9.17, 15) is 9.59 Å². The molecule has 2 heterocycles. The summed E-state index contributed by atoms with van der Waals surface area (Å²) in [4.78, 5) is 32.2. The van der Waals surface area contributed by atoms with Gasteiger partial charge < -0.3 is 14.8 Å². The number of amidine groups is 1. The van der Waals surface area contributed by atoms with Crippen LogP contribution >= 0.6 is 11.8 Å². The standard InChI is InChI=1S/C19H13N3O4S/c1-10-20-14-7-2-11(8-15(14)26-10)9-16-17(23)22-19(27-16)21-13-5-3-12(4-6-13)18(24)25/h2-9H,1H3,(H,24,25)(H,21,22,23)/b16-9-. The fourth-order valence-corrected chi connectivity index (χ4v) is 3.42. The average Bonchev–Trinajstić information content (AvgIpc) is 3.16. The van der Waals surface area contributed by atoms with Gasteiger partial charge in [-0.2, -0.15) is 0 Å². The average molecular weight is 379 g/mol. The lowest BCUT2D eigenvalue weighted by Crippen LogP contribution is -2.19. The molecule has 1 aliphatic heterocycles. The topological polar surface area (TPSA) is 105 Å². The highest BCUT2D eigenvalue weighted by Gasteiger charge is 2.24. The molecule has 27 heavy (non-hydrogen) atoms. The third kappa shape index (κ3) is 3.61. The van der Waals surface area contributed by atoms with E-state index in [2.05, 4.69) is 15.3 Å². The normalized spacial score (nSPS) is 17.0. The van der Waals surface area contributed by atoms with Gasteiger partial charge in [-0.3, -0.25) is 4.79 Å². The Bertz CT molecular complexity index is 1130. The van der Waals surface area contributed by atoms with Gasteiger partial charge in [0.15, 0.2) is 16.6 Å². The van der Waals surface area contributed by atoms with Gasteiger partial charge in [-0.05, 0) is 59.8 Å². The number of aromatic nitrogens is 1. The molecule has 1 saturated heterocycles. The Labute approximate surface area is 157 Å². The molecule has 0 bridgehead atoms. The monoisotopic (exact) mass is 379 g/mol. The number of nitrogens with zero attached hydrogens (tertiary/aromatic N) is 2. The maximum absolute atomic E-state index is 12.2.